The number of hydrogen-bond acceptors (Lipinski definition) is 3. The highest BCUT2D eigenvalue weighted by Crippen LogP contribution is 2.31. The Balaban J connectivity index is 1.86. The van der Waals surface area contributed by atoms with Gasteiger partial charge in [-0.1, -0.05) is 35.9 Å². The van der Waals surface area contributed by atoms with Crippen molar-refractivity contribution in [2.24, 2.45) is 0 Å². The van der Waals surface area contributed by atoms with Crippen molar-refractivity contribution in [3.8, 4) is 11.4 Å². The van der Waals surface area contributed by atoms with Crippen LogP contribution in [0.1, 0.15) is 21.7 Å². The van der Waals surface area contributed by atoms with Crippen LogP contribution in [-0.2, 0) is 12.7 Å². The zero-order valence-corrected chi connectivity index (χ0v) is 16.0. The number of rotatable bonds is 5. The summed E-state index contributed by atoms with van der Waals surface area (Å²) in [6.45, 7) is -0.275. The molecule has 0 bridgehead atoms. The molecule has 31 heavy (non-hydrogen) atoms. The monoisotopic (exact) mass is 463 g/mol. The second-order valence-electron chi connectivity index (χ2n) is 6.15. The molecule has 0 aliphatic heterocycles. The lowest BCUT2D eigenvalue weighted by Crippen LogP contribution is -2.25. The smallest absolute Gasteiger partial charge is 0.406 e. The van der Waals surface area contributed by atoms with E-state index in [1.54, 1.807) is 6.07 Å². The third kappa shape index (κ3) is 5.69. The Bertz CT molecular complexity index is 1090. The van der Waals surface area contributed by atoms with Gasteiger partial charge in [0, 0.05) is 12.6 Å². The molecule has 164 valence electrons. The lowest BCUT2D eigenvalue weighted by molar-refractivity contribution is -0.274. The Labute approximate surface area is 176 Å². The van der Waals surface area contributed by atoms with Crippen molar-refractivity contribution in [2.75, 3.05) is 0 Å². The van der Waals surface area contributed by atoms with Crippen LogP contribution in [0, 0.1) is 0 Å². The fraction of sp³-hybridized carbons (Fsp3) is 0.158. The second kappa shape index (κ2) is 8.50. The number of carbonyl (C=O) groups is 1. The predicted octanol–water partition coefficient (Wildman–Crippen LogP) is 5.37. The lowest BCUT2D eigenvalue weighted by atomic mass is 10.2. The van der Waals surface area contributed by atoms with Gasteiger partial charge in [-0.3, -0.25) is 4.79 Å². The molecule has 0 aliphatic rings. The number of benzene rings is 2. The quantitative estimate of drug-likeness (QED) is 0.517. The summed E-state index contributed by atoms with van der Waals surface area (Å²) in [4.78, 5) is 12.6. The molecule has 1 heterocycles. The van der Waals surface area contributed by atoms with E-state index >= 15 is 0 Å². The average molecular weight is 464 g/mol. The van der Waals surface area contributed by atoms with E-state index in [9.17, 15) is 31.1 Å². The molecule has 0 spiro atoms. The first kappa shape index (κ1) is 22.5. The third-order valence-corrected chi connectivity index (χ3v) is 4.22. The van der Waals surface area contributed by atoms with E-state index in [0.717, 1.165) is 16.8 Å². The van der Waals surface area contributed by atoms with Crippen molar-refractivity contribution in [3.63, 3.8) is 0 Å². The van der Waals surface area contributed by atoms with Gasteiger partial charge in [0.1, 0.15) is 11.4 Å². The number of carbonyl (C=O) groups excluding carboxylic acids is 1. The lowest BCUT2D eigenvalue weighted by Gasteiger charge is -2.11. The van der Waals surface area contributed by atoms with Gasteiger partial charge in [-0.25, -0.2) is 4.68 Å². The van der Waals surface area contributed by atoms with Gasteiger partial charge in [-0.2, -0.15) is 18.3 Å². The second-order valence-corrected chi connectivity index (χ2v) is 6.56. The fourth-order valence-corrected chi connectivity index (χ4v) is 2.83. The van der Waals surface area contributed by atoms with Crippen molar-refractivity contribution in [1.82, 2.24) is 15.1 Å². The van der Waals surface area contributed by atoms with E-state index < -0.39 is 35.6 Å². The Morgan fingerprint density at radius 1 is 1.03 bits per heavy atom. The summed E-state index contributed by atoms with van der Waals surface area (Å²) in [5.41, 5.74) is -1.48. The molecule has 1 aromatic heterocycles. The first-order chi connectivity index (χ1) is 14.4. The number of aromatic nitrogens is 2. The summed E-state index contributed by atoms with van der Waals surface area (Å²) in [5.74, 6) is -1.44. The normalized spacial score (nSPS) is 12.0. The zero-order chi connectivity index (χ0) is 22.8. The van der Waals surface area contributed by atoms with Crippen LogP contribution in [0.5, 0.6) is 5.75 Å². The minimum atomic E-state index is -4.89. The van der Waals surface area contributed by atoms with Crippen molar-refractivity contribution in [3.05, 3.63) is 76.6 Å². The van der Waals surface area contributed by atoms with Gasteiger partial charge < -0.3 is 10.1 Å². The molecule has 0 saturated carbocycles. The maximum atomic E-state index is 13.1. The Morgan fingerprint density at radius 2 is 1.74 bits per heavy atom. The predicted molar refractivity (Wildman–Crippen MR) is 97.9 cm³/mol. The van der Waals surface area contributed by atoms with E-state index in [2.05, 4.69) is 15.2 Å². The fourth-order valence-electron chi connectivity index (χ4n) is 2.61. The Kier molecular flexibility index (Phi) is 6.16. The van der Waals surface area contributed by atoms with Gasteiger partial charge in [0.25, 0.3) is 5.91 Å². The minimum Gasteiger partial charge on any atom is -0.406 e. The summed E-state index contributed by atoms with van der Waals surface area (Å²) >= 11 is 6.02. The molecule has 0 atom stereocenters. The van der Waals surface area contributed by atoms with Crippen LogP contribution in [0.3, 0.4) is 0 Å². The van der Waals surface area contributed by atoms with E-state index in [0.29, 0.717) is 6.07 Å². The van der Waals surface area contributed by atoms with Crippen LogP contribution in [0.25, 0.3) is 5.69 Å². The van der Waals surface area contributed by atoms with Crippen LogP contribution in [0.2, 0.25) is 5.02 Å². The van der Waals surface area contributed by atoms with E-state index in [1.807, 2.05) is 0 Å². The van der Waals surface area contributed by atoms with E-state index in [-0.39, 0.29) is 22.8 Å². The van der Waals surface area contributed by atoms with E-state index in [4.69, 9.17) is 11.6 Å². The Hall–Kier alpha value is -3.21. The highest BCUT2D eigenvalue weighted by Gasteiger charge is 2.36. The van der Waals surface area contributed by atoms with Crippen LogP contribution >= 0.6 is 11.6 Å². The number of nitrogens with one attached hydrogen (secondary N) is 1. The van der Waals surface area contributed by atoms with Crippen LogP contribution in [-0.4, -0.2) is 22.1 Å². The molecule has 0 saturated heterocycles. The summed E-state index contributed by atoms with van der Waals surface area (Å²) in [6, 6.07) is 11.2. The average Bonchev–Trinajstić information content (AvgIpc) is 3.11. The van der Waals surface area contributed by atoms with Crippen molar-refractivity contribution in [1.29, 1.82) is 0 Å². The molecule has 1 N–H and O–H groups in total. The number of hydrogen-bond donors (Lipinski definition) is 1. The minimum absolute atomic E-state index is 0.0467. The van der Waals surface area contributed by atoms with Gasteiger partial charge in [0.05, 0.1) is 10.7 Å². The van der Waals surface area contributed by atoms with Gasteiger partial charge in [0.15, 0.2) is 5.69 Å². The molecular weight excluding hydrogens is 452 g/mol. The SMILES string of the molecule is O=C(NCc1cccc(OC(F)(F)F)c1)c1cc(C(F)(F)F)nn1-c1ccccc1Cl. The summed E-state index contributed by atoms with van der Waals surface area (Å²) in [6.07, 6.45) is -9.71. The molecule has 3 rings (SSSR count). The topological polar surface area (TPSA) is 56.1 Å². The standard InChI is InChI=1S/C19H12ClF6N3O2/c20-13-6-1-2-7-14(13)29-15(9-16(28-29)18(21,22)23)17(30)27-10-11-4-3-5-12(8-11)31-19(24,25)26/h1-9H,10H2,(H,27,30). The molecular formula is C19H12ClF6N3O2. The highest BCUT2D eigenvalue weighted by molar-refractivity contribution is 6.32. The number of ether oxygens (including phenoxy) is 1. The van der Waals surface area contributed by atoms with Crippen molar-refractivity contribution in [2.45, 2.75) is 19.1 Å². The molecule has 0 fully saturated rings. The number of halogens is 7. The van der Waals surface area contributed by atoms with Crippen LogP contribution in [0.4, 0.5) is 26.3 Å². The summed E-state index contributed by atoms with van der Waals surface area (Å²) in [7, 11) is 0. The molecule has 0 radical (unpaired) electrons. The van der Waals surface area contributed by atoms with Crippen molar-refractivity contribution >= 4 is 17.5 Å². The van der Waals surface area contributed by atoms with Gasteiger partial charge in [-0.05, 0) is 29.8 Å². The molecule has 0 aliphatic carbocycles. The molecule has 0 unspecified atom stereocenters. The molecule has 1 amide bonds. The van der Waals surface area contributed by atoms with Gasteiger partial charge in [-0.15, -0.1) is 13.2 Å². The maximum absolute atomic E-state index is 13.1. The van der Waals surface area contributed by atoms with E-state index in [1.165, 1.54) is 30.3 Å². The van der Waals surface area contributed by atoms with Gasteiger partial charge >= 0.3 is 12.5 Å². The van der Waals surface area contributed by atoms with Crippen LogP contribution < -0.4 is 10.1 Å². The maximum Gasteiger partial charge on any atom is 0.573 e. The van der Waals surface area contributed by atoms with Gasteiger partial charge in [0.2, 0.25) is 0 Å². The molecule has 3 aromatic rings. The van der Waals surface area contributed by atoms with Crippen molar-refractivity contribution < 1.29 is 35.9 Å². The summed E-state index contributed by atoms with van der Waals surface area (Å²) in [5, 5.41) is 5.86. The first-order valence-electron chi connectivity index (χ1n) is 8.49. The molecule has 12 heteroatoms. The zero-order valence-electron chi connectivity index (χ0n) is 15.3. The molecule has 5 nitrogen and oxygen atoms in total. The number of amides is 1. The number of nitrogens with zero attached hydrogens (tertiary/aromatic N) is 2. The molecule has 2 aromatic carbocycles. The largest absolute Gasteiger partial charge is 0.573 e. The number of para-hydroxylation sites is 1. The highest BCUT2D eigenvalue weighted by atomic mass is 35.5. The first-order valence-corrected chi connectivity index (χ1v) is 8.87. The van der Waals surface area contributed by atoms with Crippen LogP contribution in [0.15, 0.2) is 54.6 Å². The summed E-state index contributed by atoms with van der Waals surface area (Å²) < 4.78 is 81.0. The Morgan fingerprint density at radius 3 is 2.39 bits per heavy atom. The third-order valence-electron chi connectivity index (χ3n) is 3.90. The number of alkyl halides is 6.